The summed E-state index contributed by atoms with van der Waals surface area (Å²) in [6.45, 7) is 4.93. The highest BCUT2D eigenvalue weighted by molar-refractivity contribution is 6.20. The largest absolute Gasteiger partial charge is 0.326 e. The fourth-order valence-corrected chi connectivity index (χ4v) is 2.80. The number of hydrogen-bond donors (Lipinski definition) is 0. The summed E-state index contributed by atoms with van der Waals surface area (Å²) < 4.78 is 2.24. The van der Waals surface area contributed by atoms with Crippen LogP contribution < -0.4 is 0 Å². The minimum Gasteiger partial charge on any atom is -0.326 e. The van der Waals surface area contributed by atoms with E-state index in [1.54, 1.807) is 0 Å². The Bertz CT molecular complexity index is 747. The van der Waals surface area contributed by atoms with Crippen LogP contribution in [-0.2, 0) is 13.0 Å². The van der Waals surface area contributed by atoms with E-state index in [9.17, 15) is 0 Å². The van der Waals surface area contributed by atoms with Crippen LogP contribution in [-0.4, -0.2) is 14.5 Å². The van der Waals surface area contributed by atoms with Crippen molar-refractivity contribution < 1.29 is 0 Å². The number of fused-ring (bicyclic) bond motifs is 1. The lowest BCUT2D eigenvalue weighted by molar-refractivity contribution is 0.668. The number of halogens is 1. The van der Waals surface area contributed by atoms with Gasteiger partial charge in [0, 0.05) is 18.9 Å². The van der Waals surface area contributed by atoms with Crippen LogP contribution in [0.1, 0.15) is 29.3 Å². The molecule has 3 aromatic rings. The number of aromatic nitrogens is 3. The SMILES string of the molecule is Cc1cccc2c1nc(C(C)Cl)n2CCc1ccncc1. The van der Waals surface area contributed by atoms with Crippen LogP contribution in [0.25, 0.3) is 11.0 Å². The van der Waals surface area contributed by atoms with Gasteiger partial charge in [0.2, 0.25) is 0 Å². The average Bonchev–Trinajstić information content (AvgIpc) is 2.87. The number of para-hydroxylation sites is 1. The zero-order valence-corrected chi connectivity index (χ0v) is 13.0. The number of nitrogens with zero attached hydrogens (tertiary/aromatic N) is 3. The van der Waals surface area contributed by atoms with E-state index in [0.717, 1.165) is 29.8 Å². The van der Waals surface area contributed by atoms with E-state index in [0.29, 0.717) is 0 Å². The second-order valence-corrected chi connectivity index (χ2v) is 5.94. The molecule has 0 saturated heterocycles. The molecule has 4 heteroatoms. The maximum atomic E-state index is 6.32. The second kappa shape index (κ2) is 5.86. The lowest BCUT2D eigenvalue weighted by Gasteiger charge is -2.10. The van der Waals surface area contributed by atoms with Gasteiger partial charge in [-0.3, -0.25) is 4.98 Å². The smallest absolute Gasteiger partial charge is 0.127 e. The Balaban J connectivity index is 2.00. The summed E-state index contributed by atoms with van der Waals surface area (Å²) in [7, 11) is 0. The van der Waals surface area contributed by atoms with Gasteiger partial charge in [0.25, 0.3) is 0 Å². The van der Waals surface area contributed by atoms with Crippen molar-refractivity contribution in [2.45, 2.75) is 32.2 Å². The molecule has 108 valence electrons. The Kier molecular flexibility index (Phi) is 3.93. The van der Waals surface area contributed by atoms with Crippen molar-refractivity contribution in [3.8, 4) is 0 Å². The van der Waals surface area contributed by atoms with Gasteiger partial charge in [0.15, 0.2) is 0 Å². The highest BCUT2D eigenvalue weighted by Gasteiger charge is 2.15. The molecule has 1 unspecified atom stereocenters. The summed E-state index contributed by atoms with van der Waals surface area (Å²) in [4.78, 5) is 8.80. The predicted octanol–water partition coefficient (Wildman–Crippen LogP) is 4.28. The molecule has 0 spiro atoms. The third-order valence-electron chi connectivity index (χ3n) is 3.74. The Hall–Kier alpha value is -1.87. The first-order valence-corrected chi connectivity index (χ1v) is 7.59. The van der Waals surface area contributed by atoms with Crippen molar-refractivity contribution in [2.24, 2.45) is 0 Å². The van der Waals surface area contributed by atoms with E-state index in [4.69, 9.17) is 16.6 Å². The van der Waals surface area contributed by atoms with Crippen LogP contribution in [0, 0.1) is 6.92 Å². The highest BCUT2D eigenvalue weighted by atomic mass is 35.5. The summed E-state index contributed by atoms with van der Waals surface area (Å²) in [6, 6.07) is 10.4. The minimum absolute atomic E-state index is 0.103. The second-order valence-electron chi connectivity index (χ2n) is 5.29. The van der Waals surface area contributed by atoms with Gasteiger partial charge in [-0.05, 0) is 49.6 Å². The lowest BCUT2D eigenvalue weighted by Crippen LogP contribution is -2.06. The number of hydrogen-bond acceptors (Lipinski definition) is 2. The van der Waals surface area contributed by atoms with Gasteiger partial charge in [-0.25, -0.2) is 4.98 Å². The molecular weight excluding hydrogens is 282 g/mol. The first-order valence-electron chi connectivity index (χ1n) is 7.15. The molecular formula is C17H18ClN3. The molecule has 0 N–H and O–H groups in total. The zero-order chi connectivity index (χ0) is 14.8. The van der Waals surface area contributed by atoms with Crippen LogP contribution in [0.4, 0.5) is 0 Å². The van der Waals surface area contributed by atoms with Crippen LogP contribution >= 0.6 is 11.6 Å². The van der Waals surface area contributed by atoms with E-state index in [2.05, 4.69) is 34.7 Å². The number of imidazole rings is 1. The van der Waals surface area contributed by atoms with Gasteiger partial charge < -0.3 is 4.57 Å². The Morgan fingerprint density at radius 3 is 2.67 bits per heavy atom. The van der Waals surface area contributed by atoms with Crippen LogP contribution in [0.15, 0.2) is 42.7 Å². The van der Waals surface area contributed by atoms with E-state index < -0.39 is 0 Å². The van der Waals surface area contributed by atoms with Crippen molar-refractivity contribution in [1.82, 2.24) is 14.5 Å². The third-order valence-corrected chi connectivity index (χ3v) is 3.93. The quantitative estimate of drug-likeness (QED) is 0.673. The average molecular weight is 300 g/mol. The van der Waals surface area contributed by atoms with E-state index in [1.807, 2.05) is 31.5 Å². The third kappa shape index (κ3) is 2.79. The minimum atomic E-state index is -0.103. The molecule has 0 aliphatic rings. The van der Waals surface area contributed by atoms with Crippen LogP contribution in [0.3, 0.4) is 0 Å². The molecule has 2 heterocycles. The number of benzene rings is 1. The van der Waals surface area contributed by atoms with Gasteiger partial charge in [-0.15, -0.1) is 11.6 Å². The van der Waals surface area contributed by atoms with Crippen LogP contribution in [0.5, 0.6) is 0 Å². The van der Waals surface area contributed by atoms with Gasteiger partial charge >= 0.3 is 0 Å². The van der Waals surface area contributed by atoms with E-state index in [-0.39, 0.29) is 5.38 Å². The van der Waals surface area contributed by atoms with Crippen molar-refractivity contribution >= 4 is 22.6 Å². The molecule has 1 aromatic carbocycles. The first-order chi connectivity index (χ1) is 10.2. The maximum absolute atomic E-state index is 6.32. The van der Waals surface area contributed by atoms with Crippen molar-refractivity contribution in [3.63, 3.8) is 0 Å². The molecule has 0 saturated carbocycles. The first kappa shape index (κ1) is 14.1. The summed E-state index contributed by atoms with van der Waals surface area (Å²) in [5.74, 6) is 0.940. The molecule has 2 aromatic heterocycles. The van der Waals surface area contributed by atoms with Gasteiger partial charge in [0.05, 0.1) is 16.4 Å². The summed E-state index contributed by atoms with van der Waals surface area (Å²) in [6.07, 6.45) is 4.60. The van der Waals surface area contributed by atoms with Crippen molar-refractivity contribution in [2.75, 3.05) is 0 Å². The fourth-order valence-electron chi connectivity index (χ4n) is 2.63. The Labute approximate surface area is 129 Å². The molecule has 0 aliphatic carbocycles. The van der Waals surface area contributed by atoms with Gasteiger partial charge in [-0.1, -0.05) is 12.1 Å². The number of rotatable bonds is 4. The van der Waals surface area contributed by atoms with Crippen molar-refractivity contribution in [3.05, 3.63) is 59.7 Å². The zero-order valence-electron chi connectivity index (χ0n) is 12.3. The highest BCUT2D eigenvalue weighted by Crippen LogP contribution is 2.26. The number of alkyl halides is 1. The Morgan fingerprint density at radius 1 is 1.19 bits per heavy atom. The molecule has 1 atom stereocenters. The lowest BCUT2D eigenvalue weighted by atomic mass is 10.2. The van der Waals surface area contributed by atoms with Crippen LogP contribution in [0.2, 0.25) is 0 Å². The monoisotopic (exact) mass is 299 g/mol. The summed E-state index contributed by atoms with van der Waals surface area (Å²) >= 11 is 6.32. The summed E-state index contributed by atoms with van der Waals surface area (Å²) in [5.41, 5.74) is 4.67. The van der Waals surface area contributed by atoms with E-state index >= 15 is 0 Å². The summed E-state index contributed by atoms with van der Waals surface area (Å²) in [5, 5.41) is -0.103. The normalized spacial score (nSPS) is 12.7. The molecule has 21 heavy (non-hydrogen) atoms. The molecule has 0 amide bonds. The van der Waals surface area contributed by atoms with E-state index in [1.165, 1.54) is 11.1 Å². The Morgan fingerprint density at radius 2 is 1.95 bits per heavy atom. The number of pyridine rings is 1. The molecule has 0 radical (unpaired) electrons. The predicted molar refractivity (Wildman–Crippen MR) is 86.7 cm³/mol. The van der Waals surface area contributed by atoms with Crippen molar-refractivity contribution in [1.29, 1.82) is 0 Å². The van der Waals surface area contributed by atoms with Gasteiger partial charge in [-0.2, -0.15) is 0 Å². The molecule has 0 fully saturated rings. The topological polar surface area (TPSA) is 30.7 Å². The maximum Gasteiger partial charge on any atom is 0.127 e. The molecule has 0 aliphatic heterocycles. The molecule has 3 nitrogen and oxygen atoms in total. The standard InChI is InChI=1S/C17H18ClN3/c1-12-4-3-5-15-16(12)20-17(13(2)18)21(15)11-8-14-6-9-19-10-7-14/h3-7,9-10,13H,8,11H2,1-2H3. The number of aryl methyl sites for hydroxylation is 3. The molecule has 3 rings (SSSR count). The fraction of sp³-hybridized carbons (Fsp3) is 0.294. The van der Waals surface area contributed by atoms with Gasteiger partial charge in [0.1, 0.15) is 5.82 Å². The molecule has 0 bridgehead atoms.